The fourth-order valence-corrected chi connectivity index (χ4v) is 2.14. The van der Waals surface area contributed by atoms with Gasteiger partial charge in [-0.25, -0.2) is 4.79 Å². The van der Waals surface area contributed by atoms with Crippen LogP contribution in [0.1, 0.15) is 15.9 Å². The third kappa shape index (κ3) is 2.16. The first kappa shape index (κ1) is 13.3. The van der Waals surface area contributed by atoms with E-state index in [0.29, 0.717) is 0 Å². The van der Waals surface area contributed by atoms with E-state index in [0.717, 1.165) is 6.07 Å². The van der Waals surface area contributed by atoms with Crippen LogP contribution in [-0.4, -0.2) is 11.1 Å². The highest BCUT2D eigenvalue weighted by molar-refractivity contribution is 5.98. The number of halogens is 3. The van der Waals surface area contributed by atoms with Crippen LogP contribution >= 0.6 is 0 Å². The molecule has 21 heavy (non-hydrogen) atoms. The Labute approximate surface area is 116 Å². The average molecular weight is 295 g/mol. The number of hydrogen-bond acceptors (Lipinski definition) is 3. The molecule has 3 rings (SSSR count). The molecule has 0 spiro atoms. The van der Waals surface area contributed by atoms with Gasteiger partial charge in [-0.05, 0) is 24.3 Å². The molecule has 2 N–H and O–H groups in total. The molecular formula is C14H8F3NO3. The molecule has 0 aromatic heterocycles. The Bertz CT molecular complexity index is 741. The molecule has 1 heterocycles. The summed E-state index contributed by atoms with van der Waals surface area (Å²) >= 11 is 0. The van der Waals surface area contributed by atoms with Gasteiger partial charge in [0.15, 0.2) is 11.5 Å². The summed E-state index contributed by atoms with van der Waals surface area (Å²) in [4.78, 5) is 11.1. The number of nitrogens with one attached hydrogen (secondary N) is 1. The summed E-state index contributed by atoms with van der Waals surface area (Å²) in [6.45, 7) is 0. The van der Waals surface area contributed by atoms with E-state index in [1.54, 1.807) is 0 Å². The Balaban J connectivity index is 2.15. The molecule has 2 aromatic carbocycles. The second kappa shape index (κ2) is 4.41. The Morgan fingerprint density at radius 2 is 1.86 bits per heavy atom. The molecular weight excluding hydrogens is 287 g/mol. The van der Waals surface area contributed by atoms with Crippen molar-refractivity contribution in [2.24, 2.45) is 0 Å². The molecule has 0 saturated heterocycles. The standard InChI is InChI=1S/C14H8F3NO3/c15-14(16,17)8-4-2-5-9-12(8)21-10-6-1-3-7(13(19)20)11(10)18-9/h1-6,18H,(H,19,20). The van der Waals surface area contributed by atoms with Crippen molar-refractivity contribution in [3.8, 4) is 11.5 Å². The molecule has 108 valence electrons. The van der Waals surface area contributed by atoms with Gasteiger partial charge in [0.25, 0.3) is 0 Å². The van der Waals surface area contributed by atoms with Crippen LogP contribution in [0.4, 0.5) is 24.5 Å². The van der Waals surface area contributed by atoms with Crippen LogP contribution in [0.3, 0.4) is 0 Å². The van der Waals surface area contributed by atoms with E-state index >= 15 is 0 Å². The summed E-state index contributed by atoms with van der Waals surface area (Å²) in [6, 6.07) is 7.69. The molecule has 2 aromatic rings. The molecule has 7 heteroatoms. The highest BCUT2D eigenvalue weighted by atomic mass is 19.4. The van der Waals surface area contributed by atoms with Crippen molar-refractivity contribution in [2.75, 3.05) is 5.32 Å². The zero-order valence-corrected chi connectivity index (χ0v) is 10.4. The van der Waals surface area contributed by atoms with Crippen molar-refractivity contribution in [1.29, 1.82) is 0 Å². The first-order valence-corrected chi connectivity index (χ1v) is 5.89. The Kier molecular flexibility index (Phi) is 2.79. The smallest absolute Gasteiger partial charge is 0.420 e. The Morgan fingerprint density at radius 1 is 1.14 bits per heavy atom. The van der Waals surface area contributed by atoms with E-state index in [4.69, 9.17) is 9.84 Å². The number of aromatic carboxylic acids is 1. The number of fused-ring (bicyclic) bond motifs is 2. The largest absolute Gasteiger partial charge is 0.478 e. The molecule has 0 atom stereocenters. The van der Waals surface area contributed by atoms with Gasteiger partial charge in [-0.1, -0.05) is 12.1 Å². The topological polar surface area (TPSA) is 58.6 Å². The van der Waals surface area contributed by atoms with Crippen LogP contribution in [0, 0.1) is 0 Å². The molecule has 1 aliphatic heterocycles. The summed E-state index contributed by atoms with van der Waals surface area (Å²) in [7, 11) is 0. The molecule has 0 aliphatic carbocycles. The van der Waals surface area contributed by atoms with E-state index in [9.17, 15) is 18.0 Å². The maximum absolute atomic E-state index is 13.0. The van der Waals surface area contributed by atoms with Crippen LogP contribution in [0.15, 0.2) is 36.4 Å². The van der Waals surface area contributed by atoms with Crippen molar-refractivity contribution in [3.63, 3.8) is 0 Å². The molecule has 0 radical (unpaired) electrons. The number of ether oxygens (including phenoxy) is 1. The minimum absolute atomic E-state index is 0.0408. The van der Waals surface area contributed by atoms with E-state index < -0.39 is 17.7 Å². The third-order valence-corrected chi connectivity index (χ3v) is 3.05. The minimum Gasteiger partial charge on any atom is -0.478 e. The summed E-state index contributed by atoms with van der Waals surface area (Å²) in [5, 5.41) is 11.8. The SMILES string of the molecule is O=C(O)c1cccc2c1Nc1cccc(C(F)(F)F)c1O2. The fourth-order valence-electron chi connectivity index (χ4n) is 2.14. The van der Waals surface area contributed by atoms with Gasteiger partial charge in [0, 0.05) is 0 Å². The maximum Gasteiger partial charge on any atom is 0.420 e. The van der Waals surface area contributed by atoms with Crippen molar-refractivity contribution in [3.05, 3.63) is 47.5 Å². The van der Waals surface area contributed by atoms with Crippen molar-refractivity contribution >= 4 is 17.3 Å². The minimum atomic E-state index is -4.56. The van der Waals surface area contributed by atoms with Crippen LogP contribution in [-0.2, 0) is 6.18 Å². The van der Waals surface area contributed by atoms with Gasteiger partial charge in [0.2, 0.25) is 0 Å². The van der Waals surface area contributed by atoms with Gasteiger partial charge in [0.05, 0.1) is 16.9 Å². The number of carbonyl (C=O) groups is 1. The van der Waals surface area contributed by atoms with E-state index in [1.807, 2.05) is 0 Å². The lowest BCUT2D eigenvalue weighted by atomic mass is 10.1. The third-order valence-electron chi connectivity index (χ3n) is 3.05. The fraction of sp³-hybridized carbons (Fsp3) is 0.0714. The Morgan fingerprint density at radius 3 is 2.52 bits per heavy atom. The quantitative estimate of drug-likeness (QED) is 0.704. The lowest BCUT2D eigenvalue weighted by Gasteiger charge is -2.25. The van der Waals surface area contributed by atoms with Crippen LogP contribution < -0.4 is 10.1 Å². The first-order chi connectivity index (χ1) is 9.88. The normalized spacial score (nSPS) is 12.7. The highest BCUT2D eigenvalue weighted by Gasteiger charge is 2.37. The monoisotopic (exact) mass is 295 g/mol. The van der Waals surface area contributed by atoms with Crippen molar-refractivity contribution in [1.82, 2.24) is 0 Å². The molecule has 4 nitrogen and oxygen atoms in total. The number of alkyl halides is 3. The summed E-state index contributed by atoms with van der Waals surface area (Å²) in [5.41, 5.74) is -0.780. The number of rotatable bonds is 1. The summed E-state index contributed by atoms with van der Waals surface area (Å²) in [6.07, 6.45) is -4.56. The highest BCUT2D eigenvalue weighted by Crippen LogP contribution is 2.48. The van der Waals surface area contributed by atoms with Crippen LogP contribution in [0.25, 0.3) is 0 Å². The van der Waals surface area contributed by atoms with Gasteiger partial charge >= 0.3 is 12.1 Å². The second-order valence-corrected chi connectivity index (χ2v) is 4.39. The second-order valence-electron chi connectivity index (χ2n) is 4.39. The predicted octanol–water partition coefficient (Wildman–Crippen LogP) is 4.25. The zero-order chi connectivity index (χ0) is 15.2. The predicted molar refractivity (Wildman–Crippen MR) is 68.2 cm³/mol. The number of hydrogen-bond donors (Lipinski definition) is 2. The van der Waals surface area contributed by atoms with E-state index in [1.165, 1.54) is 30.3 Å². The van der Waals surface area contributed by atoms with Gasteiger partial charge in [-0.15, -0.1) is 0 Å². The van der Waals surface area contributed by atoms with Gasteiger partial charge < -0.3 is 15.2 Å². The lowest BCUT2D eigenvalue weighted by molar-refractivity contribution is -0.138. The number of anilines is 2. The summed E-state index contributed by atoms with van der Waals surface area (Å²) in [5.74, 6) is -1.52. The van der Waals surface area contributed by atoms with Crippen LogP contribution in [0.5, 0.6) is 11.5 Å². The first-order valence-electron chi connectivity index (χ1n) is 5.89. The summed E-state index contributed by atoms with van der Waals surface area (Å²) < 4.78 is 44.2. The zero-order valence-electron chi connectivity index (χ0n) is 10.4. The van der Waals surface area contributed by atoms with Gasteiger partial charge in [-0.3, -0.25) is 0 Å². The average Bonchev–Trinajstić information content (AvgIpc) is 2.42. The maximum atomic E-state index is 13.0. The number of carboxylic acids is 1. The Hall–Kier alpha value is -2.70. The van der Waals surface area contributed by atoms with Crippen molar-refractivity contribution in [2.45, 2.75) is 6.18 Å². The molecule has 0 bridgehead atoms. The lowest BCUT2D eigenvalue weighted by Crippen LogP contribution is -2.13. The van der Waals surface area contributed by atoms with E-state index in [2.05, 4.69) is 5.32 Å². The number of benzene rings is 2. The van der Waals surface area contributed by atoms with Gasteiger partial charge in [0.1, 0.15) is 5.56 Å². The molecule has 0 saturated carbocycles. The van der Waals surface area contributed by atoms with Crippen molar-refractivity contribution < 1.29 is 27.8 Å². The molecule has 0 unspecified atom stereocenters. The number of carboxylic acid groups (broad SMARTS) is 1. The van der Waals surface area contributed by atoms with Crippen LogP contribution in [0.2, 0.25) is 0 Å². The van der Waals surface area contributed by atoms with Gasteiger partial charge in [-0.2, -0.15) is 13.2 Å². The molecule has 0 amide bonds. The molecule has 1 aliphatic rings. The molecule has 0 fully saturated rings. The van der Waals surface area contributed by atoms with E-state index in [-0.39, 0.29) is 28.4 Å². The number of para-hydroxylation sites is 2.